The van der Waals surface area contributed by atoms with Crippen molar-refractivity contribution < 1.29 is 0 Å². The standard InChI is InChI=1S/C51H28B5N5/c52-42-41(43(53)45(55)46(56)44(42)54)50-57-49(30-15-5-2-6-16-30)58-51(59-50)61-40-24-10-8-22-36(40)38-26-25-37-35-21-7-9-23-39(35)60(47(37)48(38)61)34-20-12-19-33(28-34)32-18-11-17-31(27-32)29-13-3-1-4-14-29/h1-28H. The SMILES string of the molecule is [B]c1c([B])c([B])c(-c2nc(-c3ccccc3)nc(-n3c4ccccc4c4ccc5c6ccccc6n(-c6cccc(-c7cccc(-c8ccccc8)c7)c6)c5c43)n2)c([B])c1[B]. The molecule has 272 valence electrons. The van der Waals surface area contributed by atoms with Crippen LogP contribution in [0.25, 0.3) is 100 Å². The highest BCUT2D eigenvalue weighted by atomic mass is 15.2. The van der Waals surface area contributed by atoms with Crippen molar-refractivity contribution in [3.63, 3.8) is 0 Å². The number of benzene rings is 8. The molecule has 0 aliphatic carbocycles. The minimum atomic E-state index is 0.113. The van der Waals surface area contributed by atoms with Gasteiger partial charge in [-0.25, -0.2) is 4.98 Å². The summed E-state index contributed by atoms with van der Waals surface area (Å²) < 4.78 is 4.47. The maximum atomic E-state index is 6.67. The summed E-state index contributed by atoms with van der Waals surface area (Å²) in [5.74, 6) is 0.984. The predicted molar refractivity (Wildman–Crippen MR) is 257 cm³/mol. The van der Waals surface area contributed by atoms with E-state index in [0.29, 0.717) is 17.3 Å². The van der Waals surface area contributed by atoms with Crippen molar-refractivity contribution in [3.8, 4) is 56.7 Å². The Kier molecular flexibility index (Phi) is 8.71. The first kappa shape index (κ1) is 36.8. The number of aromatic nitrogens is 5. The number of rotatable bonds is 6. The number of fused-ring (bicyclic) bond motifs is 7. The average Bonchev–Trinajstić information content (AvgIpc) is 3.84. The van der Waals surface area contributed by atoms with Crippen molar-refractivity contribution in [3.05, 3.63) is 170 Å². The molecule has 10 radical (unpaired) electrons. The summed E-state index contributed by atoms with van der Waals surface area (Å²) in [6.45, 7) is 0. The molecule has 0 amide bonds. The van der Waals surface area contributed by atoms with Crippen LogP contribution in [0.1, 0.15) is 0 Å². The van der Waals surface area contributed by atoms with Crippen LogP contribution in [-0.2, 0) is 0 Å². The summed E-state index contributed by atoms with van der Waals surface area (Å²) in [5, 5.41) is 4.25. The third-order valence-corrected chi connectivity index (χ3v) is 11.7. The lowest BCUT2D eigenvalue weighted by atomic mass is 9.60. The maximum Gasteiger partial charge on any atom is 0.238 e. The Bertz CT molecular complexity index is 3520. The van der Waals surface area contributed by atoms with Crippen LogP contribution in [0.2, 0.25) is 0 Å². The molecule has 3 aromatic heterocycles. The zero-order valence-corrected chi connectivity index (χ0v) is 32.8. The molecule has 0 unspecified atom stereocenters. The second kappa shape index (κ2) is 14.5. The van der Waals surface area contributed by atoms with Gasteiger partial charge in [-0.1, -0.05) is 150 Å². The number of hydrogen-bond acceptors (Lipinski definition) is 3. The van der Waals surface area contributed by atoms with E-state index in [1.54, 1.807) is 0 Å². The Labute approximate surface area is 359 Å². The summed E-state index contributed by atoms with van der Waals surface area (Å²) in [6, 6.07) is 58.8. The van der Waals surface area contributed by atoms with Crippen molar-refractivity contribution >= 4 is 110 Å². The van der Waals surface area contributed by atoms with Crippen molar-refractivity contribution in [1.29, 1.82) is 0 Å². The first-order chi connectivity index (χ1) is 29.9. The zero-order valence-electron chi connectivity index (χ0n) is 32.8. The second-order valence-corrected chi connectivity index (χ2v) is 15.2. The third kappa shape index (κ3) is 5.89. The molecule has 8 aromatic carbocycles. The number of nitrogens with zero attached hydrogens (tertiary/aromatic N) is 5. The first-order valence-corrected chi connectivity index (χ1v) is 19.9. The van der Waals surface area contributed by atoms with Crippen LogP contribution >= 0.6 is 0 Å². The molecule has 61 heavy (non-hydrogen) atoms. The average molecular weight is 765 g/mol. The summed E-state index contributed by atoms with van der Waals surface area (Å²) in [4.78, 5) is 15.3. The van der Waals surface area contributed by atoms with Crippen LogP contribution in [0.4, 0.5) is 0 Å². The molecular weight excluding hydrogens is 737 g/mol. The smallest absolute Gasteiger partial charge is 0.238 e. The van der Waals surface area contributed by atoms with E-state index >= 15 is 0 Å². The van der Waals surface area contributed by atoms with E-state index in [0.717, 1.165) is 71.6 Å². The lowest BCUT2D eigenvalue weighted by Crippen LogP contribution is -2.55. The molecule has 10 heteroatoms. The van der Waals surface area contributed by atoms with Gasteiger partial charge in [-0.05, 0) is 52.6 Å². The molecule has 0 N–H and O–H groups in total. The molecule has 0 saturated heterocycles. The van der Waals surface area contributed by atoms with Crippen molar-refractivity contribution in [2.24, 2.45) is 0 Å². The van der Waals surface area contributed by atoms with Gasteiger partial charge in [-0.15, -0.1) is 16.4 Å². The molecule has 0 aliphatic rings. The molecule has 3 heterocycles. The molecule has 11 aromatic rings. The summed E-state index contributed by atoms with van der Waals surface area (Å²) >= 11 is 0. The molecule has 0 aliphatic heterocycles. The Morgan fingerprint density at radius 1 is 0.328 bits per heavy atom. The molecule has 0 saturated carbocycles. The van der Waals surface area contributed by atoms with Gasteiger partial charge < -0.3 is 4.57 Å². The van der Waals surface area contributed by atoms with Crippen molar-refractivity contribution in [1.82, 2.24) is 24.1 Å². The predicted octanol–water partition coefficient (Wildman–Crippen LogP) is 6.70. The van der Waals surface area contributed by atoms with Gasteiger partial charge >= 0.3 is 0 Å². The van der Waals surface area contributed by atoms with Gasteiger partial charge in [0.15, 0.2) is 11.6 Å². The van der Waals surface area contributed by atoms with Gasteiger partial charge in [0.2, 0.25) is 5.95 Å². The zero-order chi connectivity index (χ0) is 41.4. The molecule has 0 fully saturated rings. The Morgan fingerprint density at radius 2 is 0.787 bits per heavy atom. The summed E-state index contributed by atoms with van der Waals surface area (Å²) in [5.41, 5.74) is 11.1. The molecular formula is C51H28B5N5. The van der Waals surface area contributed by atoms with Crippen LogP contribution < -0.4 is 27.3 Å². The number of para-hydroxylation sites is 2. The maximum absolute atomic E-state index is 6.67. The van der Waals surface area contributed by atoms with Crippen LogP contribution in [0, 0.1) is 0 Å². The monoisotopic (exact) mass is 765 g/mol. The van der Waals surface area contributed by atoms with E-state index in [1.807, 2.05) is 42.5 Å². The van der Waals surface area contributed by atoms with E-state index in [2.05, 4.69) is 137 Å². The van der Waals surface area contributed by atoms with E-state index in [1.165, 1.54) is 5.56 Å². The fraction of sp³-hybridized carbons (Fsp3) is 0. The topological polar surface area (TPSA) is 48.5 Å². The van der Waals surface area contributed by atoms with Gasteiger partial charge in [0.05, 0.1) is 22.1 Å². The summed E-state index contributed by atoms with van der Waals surface area (Å²) in [7, 11) is 32.4. The lowest BCUT2D eigenvalue weighted by Gasteiger charge is -2.21. The van der Waals surface area contributed by atoms with E-state index in [-0.39, 0.29) is 33.1 Å². The highest BCUT2D eigenvalue weighted by Crippen LogP contribution is 2.42. The minimum Gasteiger partial charge on any atom is -0.307 e. The summed E-state index contributed by atoms with van der Waals surface area (Å²) in [6.07, 6.45) is 0. The normalized spacial score (nSPS) is 11.6. The number of hydrogen-bond donors (Lipinski definition) is 0. The minimum absolute atomic E-state index is 0.113. The van der Waals surface area contributed by atoms with Gasteiger partial charge in [0.25, 0.3) is 0 Å². The molecule has 0 spiro atoms. The van der Waals surface area contributed by atoms with Crippen molar-refractivity contribution in [2.45, 2.75) is 0 Å². The van der Waals surface area contributed by atoms with Crippen LogP contribution in [0.15, 0.2) is 170 Å². The van der Waals surface area contributed by atoms with Crippen LogP contribution in [0.5, 0.6) is 0 Å². The highest BCUT2D eigenvalue weighted by molar-refractivity contribution is 6.68. The molecule has 0 atom stereocenters. The van der Waals surface area contributed by atoms with Gasteiger partial charge in [-0.3, -0.25) is 4.57 Å². The largest absolute Gasteiger partial charge is 0.307 e. The lowest BCUT2D eigenvalue weighted by molar-refractivity contribution is 0.955. The molecule has 11 rings (SSSR count). The van der Waals surface area contributed by atoms with E-state index < -0.39 is 0 Å². The van der Waals surface area contributed by atoms with E-state index in [4.69, 9.17) is 54.2 Å². The Hall–Kier alpha value is -7.31. The fourth-order valence-corrected chi connectivity index (χ4v) is 8.69. The van der Waals surface area contributed by atoms with Gasteiger partial charge in [0, 0.05) is 38.4 Å². The van der Waals surface area contributed by atoms with E-state index in [9.17, 15) is 0 Å². The molecule has 5 nitrogen and oxygen atoms in total. The Balaban J connectivity index is 1.23. The quantitative estimate of drug-likeness (QED) is 0.177. The first-order valence-electron chi connectivity index (χ1n) is 19.9. The highest BCUT2D eigenvalue weighted by Gasteiger charge is 2.24. The second-order valence-electron chi connectivity index (χ2n) is 15.2. The van der Waals surface area contributed by atoms with Crippen molar-refractivity contribution in [2.75, 3.05) is 0 Å². The van der Waals surface area contributed by atoms with Crippen LogP contribution in [-0.4, -0.2) is 63.3 Å². The van der Waals surface area contributed by atoms with Gasteiger partial charge in [0.1, 0.15) is 39.2 Å². The molecule has 0 bridgehead atoms. The Morgan fingerprint density at radius 3 is 1.43 bits per heavy atom. The van der Waals surface area contributed by atoms with Crippen LogP contribution in [0.3, 0.4) is 0 Å². The third-order valence-electron chi connectivity index (χ3n) is 11.7. The fourth-order valence-electron chi connectivity index (χ4n) is 8.69. The van der Waals surface area contributed by atoms with Gasteiger partial charge in [-0.2, -0.15) is 9.97 Å².